The van der Waals surface area contributed by atoms with Gasteiger partial charge in [0.05, 0.1) is 11.8 Å². The van der Waals surface area contributed by atoms with E-state index in [0.29, 0.717) is 0 Å². The van der Waals surface area contributed by atoms with Gasteiger partial charge in [-0.1, -0.05) is 35.0 Å². The number of benzene rings is 1. The minimum Gasteiger partial charge on any atom is -0.460 e. The number of hydrogen-bond acceptors (Lipinski definition) is 9. The highest BCUT2D eigenvalue weighted by atomic mass is 35.5. The third-order valence-electron chi connectivity index (χ3n) is 4.21. The van der Waals surface area contributed by atoms with E-state index in [1.54, 1.807) is 18.2 Å². The first-order valence-electron chi connectivity index (χ1n) is 7.57. The highest BCUT2D eigenvalue weighted by Crippen LogP contribution is 2.48. The van der Waals surface area contributed by atoms with Crippen LogP contribution in [-0.2, 0) is 19.8 Å². The number of aryl methyl sites for hydroxylation is 1. The van der Waals surface area contributed by atoms with Crippen LogP contribution in [0.1, 0.15) is 11.3 Å². The second-order valence-corrected chi connectivity index (χ2v) is 8.10. The first-order valence-corrected chi connectivity index (χ1v) is 9.39. The number of halogens is 1. The Morgan fingerprint density at radius 1 is 1.22 bits per heavy atom. The Kier molecular flexibility index (Phi) is 4.97. The Balaban J connectivity index is 2.15. The molecule has 0 saturated carbocycles. The van der Waals surface area contributed by atoms with Crippen LogP contribution in [0, 0.1) is 6.92 Å². The number of alkyl halides is 1. The summed E-state index contributed by atoms with van der Waals surface area (Å²) in [6.45, 7) is 1.30. The van der Waals surface area contributed by atoms with Crippen molar-refractivity contribution in [1.82, 2.24) is 5.16 Å². The van der Waals surface area contributed by atoms with Gasteiger partial charge < -0.3 is 29.3 Å². The molecule has 10 nitrogen and oxygen atoms in total. The second kappa shape index (κ2) is 6.71. The highest BCUT2D eigenvalue weighted by molar-refractivity contribution is 7.86. The van der Waals surface area contributed by atoms with Crippen LogP contribution in [0.15, 0.2) is 41.1 Å². The van der Waals surface area contributed by atoms with Gasteiger partial charge in [-0.2, -0.15) is 8.42 Å². The van der Waals surface area contributed by atoms with Crippen LogP contribution in [0.2, 0.25) is 0 Å². The van der Waals surface area contributed by atoms with Crippen LogP contribution in [0.4, 0.5) is 0 Å². The van der Waals surface area contributed by atoms with Gasteiger partial charge >= 0.3 is 10.1 Å². The summed E-state index contributed by atoms with van der Waals surface area (Å²) < 4.78 is 49.8. The van der Waals surface area contributed by atoms with Crippen molar-refractivity contribution in [2.24, 2.45) is 0 Å². The van der Waals surface area contributed by atoms with E-state index in [2.05, 4.69) is 5.16 Å². The zero-order valence-corrected chi connectivity index (χ0v) is 15.3. The summed E-state index contributed by atoms with van der Waals surface area (Å²) >= 11 is 5.89. The first-order chi connectivity index (χ1) is 12.5. The van der Waals surface area contributed by atoms with Crippen molar-refractivity contribution in [1.29, 1.82) is 0 Å². The van der Waals surface area contributed by atoms with Crippen LogP contribution < -0.4 is 4.74 Å². The van der Waals surface area contributed by atoms with Crippen LogP contribution in [-0.4, -0.2) is 57.0 Å². The van der Waals surface area contributed by atoms with E-state index in [4.69, 9.17) is 25.6 Å². The Morgan fingerprint density at radius 2 is 1.85 bits per heavy atom. The summed E-state index contributed by atoms with van der Waals surface area (Å²) in [7, 11) is -5.27. The highest BCUT2D eigenvalue weighted by Gasteiger charge is 2.68. The lowest BCUT2D eigenvalue weighted by molar-refractivity contribution is -0.306. The fourth-order valence-electron chi connectivity index (χ4n) is 2.82. The maximum atomic E-state index is 12.2. The molecule has 0 amide bonds. The Bertz CT molecular complexity index is 916. The number of aromatic nitrogens is 1. The number of aliphatic hydroxyl groups is 3. The van der Waals surface area contributed by atoms with Gasteiger partial charge in [-0.05, 0) is 19.1 Å². The molecule has 0 spiro atoms. The van der Waals surface area contributed by atoms with Gasteiger partial charge in [0.1, 0.15) is 23.7 Å². The van der Waals surface area contributed by atoms with Crippen molar-refractivity contribution in [2.75, 3.05) is 0 Å². The predicted molar refractivity (Wildman–Crippen MR) is 89.2 cm³/mol. The van der Waals surface area contributed by atoms with Gasteiger partial charge in [-0.15, -0.1) is 0 Å². The molecule has 12 heteroatoms. The summed E-state index contributed by atoms with van der Waals surface area (Å²) in [5.41, 5.74) is -0.398. The quantitative estimate of drug-likeness (QED) is 0.394. The maximum absolute atomic E-state index is 12.2. The van der Waals surface area contributed by atoms with Gasteiger partial charge in [0.25, 0.3) is 4.93 Å². The van der Waals surface area contributed by atoms with Crippen LogP contribution >= 0.6 is 11.6 Å². The lowest BCUT2D eigenvalue weighted by Crippen LogP contribution is -2.70. The maximum Gasteiger partial charge on any atom is 0.302 e. The van der Waals surface area contributed by atoms with E-state index in [1.165, 1.54) is 19.1 Å². The fourth-order valence-corrected chi connectivity index (χ4v) is 4.14. The molecule has 5 atom stereocenters. The molecule has 1 aliphatic rings. The van der Waals surface area contributed by atoms with Crippen LogP contribution in [0.5, 0.6) is 5.75 Å². The van der Waals surface area contributed by atoms with Crippen molar-refractivity contribution in [3.05, 3.63) is 47.9 Å². The Morgan fingerprint density at radius 3 is 2.37 bits per heavy atom. The summed E-state index contributed by atoms with van der Waals surface area (Å²) in [6, 6.07) is 7.73. The molecule has 1 fully saturated rings. The summed E-state index contributed by atoms with van der Waals surface area (Å²) in [4.78, 5) is -2.98. The molecule has 1 unspecified atom stereocenters. The molecule has 27 heavy (non-hydrogen) atoms. The number of para-hydroxylation sites is 1. The fraction of sp³-hybridized carbons (Fsp3) is 0.400. The van der Waals surface area contributed by atoms with Crippen LogP contribution in [0.3, 0.4) is 0 Å². The molecule has 3 rings (SSSR count). The molecule has 0 bridgehead atoms. The monoisotopic (exact) mass is 421 g/mol. The Labute approximate surface area is 158 Å². The summed E-state index contributed by atoms with van der Waals surface area (Å²) in [5.74, 6) is -0.0196. The minimum absolute atomic E-state index is 0.108. The van der Waals surface area contributed by atoms with E-state index in [1.807, 2.05) is 0 Å². The van der Waals surface area contributed by atoms with Crippen molar-refractivity contribution in [3.63, 3.8) is 0 Å². The number of rotatable bonds is 4. The minimum atomic E-state index is -5.27. The van der Waals surface area contributed by atoms with Gasteiger partial charge in [0.2, 0.25) is 11.4 Å². The van der Waals surface area contributed by atoms with Gasteiger partial charge in [-0.3, -0.25) is 4.55 Å². The summed E-state index contributed by atoms with van der Waals surface area (Å²) in [6.07, 6.45) is -5.85. The van der Waals surface area contributed by atoms with Gasteiger partial charge in [0, 0.05) is 0 Å². The zero-order valence-electron chi connectivity index (χ0n) is 13.8. The SMILES string of the molecule is Cc1oncc1C1(S(=O)(=O)O)O[C@@H](Oc2ccccc2)[C@@](O)(Cl)[C@@H](O)[C@@H]1O. The lowest BCUT2D eigenvalue weighted by atomic mass is 9.93. The number of aliphatic hydroxyl groups excluding tert-OH is 2. The molecule has 0 radical (unpaired) electrons. The second-order valence-electron chi connectivity index (χ2n) is 5.94. The number of ether oxygens (including phenoxy) is 2. The van der Waals surface area contributed by atoms with Gasteiger partial charge in [0.15, 0.2) is 0 Å². The molecule has 1 aliphatic heterocycles. The molecule has 0 aliphatic carbocycles. The molecule has 4 N–H and O–H groups in total. The average Bonchev–Trinajstić information content (AvgIpc) is 3.02. The molecule has 148 valence electrons. The normalized spacial score (nSPS) is 34.4. The van der Waals surface area contributed by atoms with Crippen molar-refractivity contribution >= 4 is 21.7 Å². The van der Waals surface area contributed by atoms with E-state index in [0.717, 1.165) is 6.20 Å². The molecule has 1 saturated heterocycles. The van der Waals surface area contributed by atoms with Crippen molar-refractivity contribution < 1.29 is 42.3 Å². The number of hydrogen-bond donors (Lipinski definition) is 4. The topological polar surface area (TPSA) is 160 Å². The van der Waals surface area contributed by atoms with E-state index < -0.39 is 44.2 Å². The molecular weight excluding hydrogens is 406 g/mol. The standard InChI is InChI=1S/C15H16ClNO9S/c1-8-10(7-17-26-8)15(27(21,22)23)12(19)11(18)14(16,20)13(25-15)24-9-5-3-2-4-6-9/h2-7,11-13,18-20H,1H3,(H,21,22,23)/t11-,12-,13+,14+,15?/m0/s1. The summed E-state index contributed by atoms with van der Waals surface area (Å²) in [5, 5.41) is 31.8. The van der Waals surface area contributed by atoms with Gasteiger partial charge in [-0.25, -0.2) is 0 Å². The molecule has 1 aromatic carbocycles. The van der Waals surface area contributed by atoms with E-state index >= 15 is 0 Å². The third kappa shape index (κ3) is 3.10. The average molecular weight is 422 g/mol. The molecular formula is C15H16ClNO9S. The Hall–Kier alpha value is -1.73. The van der Waals surface area contributed by atoms with E-state index in [9.17, 15) is 28.3 Å². The lowest BCUT2D eigenvalue weighted by Gasteiger charge is -2.48. The zero-order chi connectivity index (χ0) is 20.0. The first kappa shape index (κ1) is 20.0. The molecule has 2 heterocycles. The largest absolute Gasteiger partial charge is 0.460 e. The predicted octanol–water partition coefficient (Wildman–Crippen LogP) is 0.108. The van der Waals surface area contributed by atoms with E-state index in [-0.39, 0.29) is 11.5 Å². The molecule has 2 aromatic rings. The molecule has 1 aromatic heterocycles. The third-order valence-corrected chi connectivity index (χ3v) is 5.94. The van der Waals surface area contributed by atoms with Crippen LogP contribution in [0.25, 0.3) is 0 Å². The smallest absolute Gasteiger partial charge is 0.302 e. The number of nitrogens with zero attached hydrogens (tertiary/aromatic N) is 1. The van der Waals surface area contributed by atoms with Crippen molar-refractivity contribution in [3.8, 4) is 5.75 Å². The van der Waals surface area contributed by atoms with Crippen molar-refractivity contribution in [2.45, 2.75) is 35.4 Å².